The molecule has 1 heterocycles. The van der Waals surface area contributed by atoms with Crippen molar-refractivity contribution >= 4 is 11.6 Å². The fourth-order valence-corrected chi connectivity index (χ4v) is 1.42. The van der Waals surface area contributed by atoms with Gasteiger partial charge in [-0.15, -0.1) is 0 Å². The first-order valence-electron chi connectivity index (χ1n) is 4.54. The summed E-state index contributed by atoms with van der Waals surface area (Å²) in [6.07, 6.45) is 3.92. The Hall–Kier alpha value is -0.600. The predicted molar refractivity (Wildman–Crippen MR) is 53.7 cm³/mol. The lowest BCUT2D eigenvalue weighted by Crippen LogP contribution is -2.00. The molecule has 0 fully saturated rings. The van der Waals surface area contributed by atoms with Crippen LogP contribution in [0.4, 0.5) is 0 Å². The third-order valence-electron chi connectivity index (χ3n) is 1.93. The molecule has 0 amide bonds. The molecule has 0 saturated heterocycles. The SMILES string of the molecule is CCCCC(O)c1ncccc1Cl. The van der Waals surface area contributed by atoms with Crippen molar-refractivity contribution in [3.8, 4) is 0 Å². The van der Waals surface area contributed by atoms with E-state index in [1.807, 2.05) is 0 Å². The number of aliphatic hydroxyl groups excluding tert-OH is 1. The molecule has 0 radical (unpaired) electrons. The van der Waals surface area contributed by atoms with E-state index < -0.39 is 6.10 Å². The second-order valence-corrected chi connectivity index (χ2v) is 3.44. The highest BCUT2D eigenvalue weighted by atomic mass is 35.5. The summed E-state index contributed by atoms with van der Waals surface area (Å²) in [6, 6.07) is 3.51. The van der Waals surface area contributed by atoms with Gasteiger partial charge in [0.25, 0.3) is 0 Å². The Labute approximate surface area is 83.6 Å². The van der Waals surface area contributed by atoms with Crippen molar-refractivity contribution in [3.05, 3.63) is 29.0 Å². The molecule has 0 saturated carbocycles. The minimum Gasteiger partial charge on any atom is -0.387 e. The molecule has 0 aromatic carbocycles. The Kier molecular flexibility index (Phi) is 4.19. The van der Waals surface area contributed by atoms with Crippen molar-refractivity contribution in [2.24, 2.45) is 0 Å². The summed E-state index contributed by atoms with van der Waals surface area (Å²) in [5.74, 6) is 0. The maximum atomic E-state index is 9.69. The van der Waals surface area contributed by atoms with Crippen LogP contribution in [0.3, 0.4) is 0 Å². The van der Waals surface area contributed by atoms with Crippen molar-refractivity contribution in [3.63, 3.8) is 0 Å². The van der Waals surface area contributed by atoms with Gasteiger partial charge in [-0.05, 0) is 18.6 Å². The second kappa shape index (κ2) is 5.20. The molecule has 0 spiro atoms. The molecule has 0 aliphatic heterocycles. The fourth-order valence-electron chi connectivity index (χ4n) is 1.18. The van der Waals surface area contributed by atoms with E-state index in [0.29, 0.717) is 10.7 Å². The molecule has 0 aliphatic carbocycles. The summed E-state index contributed by atoms with van der Waals surface area (Å²) >= 11 is 5.88. The van der Waals surface area contributed by atoms with Crippen molar-refractivity contribution in [2.45, 2.75) is 32.3 Å². The van der Waals surface area contributed by atoms with Crippen molar-refractivity contribution < 1.29 is 5.11 Å². The maximum absolute atomic E-state index is 9.69. The second-order valence-electron chi connectivity index (χ2n) is 3.03. The zero-order valence-corrected chi connectivity index (χ0v) is 8.46. The summed E-state index contributed by atoms with van der Waals surface area (Å²) in [5, 5.41) is 10.2. The molecule has 1 rings (SSSR count). The Balaban J connectivity index is 2.65. The summed E-state index contributed by atoms with van der Waals surface area (Å²) in [6.45, 7) is 2.09. The number of unbranched alkanes of at least 4 members (excludes halogenated alkanes) is 1. The highest BCUT2D eigenvalue weighted by molar-refractivity contribution is 6.31. The summed E-state index contributed by atoms with van der Waals surface area (Å²) in [5.41, 5.74) is 0.595. The van der Waals surface area contributed by atoms with Crippen LogP contribution in [0.25, 0.3) is 0 Å². The summed E-state index contributed by atoms with van der Waals surface area (Å²) in [4.78, 5) is 4.05. The lowest BCUT2D eigenvalue weighted by molar-refractivity contribution is 0.159. The van der Waals surface area contributed by atoms with Crippen LogP contribution >= 0.6 is 11.6 Å². The monoisotopic (exact) mass is 199 g/mol. The number of hydrogen-bond donors (Lipinski definition) is 1. The smallest absolute Gasteiger partial charge is 0.0974 e. The van der Waals surface area contributed by atoms with Crippen molar-refractivity contribution in [1.29, 1.82) is 0 Å². The minimum absolute atomic E-state index is 0.520. The van der Waals surface area contributed by atoms with Crippen molar-refractivity contribution in [2.75, 3.05) is 0 Å². The van der Waals surface area contributed by atoms with Crippen LogP contribution < -0.4 is 0 Å². The predicted octanol–water partition coefficient (Wildman–Crippen LogP) is 2.96. The maximum Gasteiger partial charge on any atom is 0.0974 e. The van der Waals surface area contributed by atoms with Gasteiger partial charge in [-0.1, -0.05) is 31.4 Å². The van der Waals surface area contributed by atoms with Crippen LogP contribution in [0.1, 0.15) is 38.0 Å². The van der Waals surface area contributed by atoms with E-state index >= 15 is 0 Å². The van der Waals surface area contributed by atoms with E-state index in [4.69, 9.17) is 11.6 Å². The average molecular weight is 200 g/mol. The van der Waals surface area contributed by atoms with E-state index in [-0.39, 0.29) is 0 Å². The quantitative estimate of drug-likeness (QED) is 0.809. The van der Waals surface area contributed by atoms with Gasteiger partial charge in [0.05, 0.1) is 16.8 Å². The summed E-state index contributed by atoms with van der Waals surface area (Å²) < 4.78 is 0. The van der Waals surface area contributed by atoms with Gasteiger partial charge in [0.1, 0.15) is 0 Å². The van der Waals surface area contributed by atoms with Gasteiger partial charge in [-0.25, -0.2) is 0 Å². The molecule has 13 heavy (non-hydrogen) atoms. The Morgan fingerprint density at radius 3 is 3.00 bits per heavy atom. The lowest BCUT2D eigenvalue weighted by Gasteiger charge is -2.10. The number of aliphatic hydroxyl groups is 1. The standard InChI is InChI=1S/C10H14ClNO/c1-2-3-6-9(13)10-8(11)5-4-7-12-10/h4-5,7,9,13H,2-3,6H2,1H3. The van der Waals surface area contributed by atoms with E-state index in [0.717, 1.165) is 19.3 Å². The Morgan fingerprint density at radius 2 is 2.38 bits per heavy atom. The van der Waals surface area contributed by atoms with Crippen LogP contribution in [0.2, 0.25) is 5.02 Å². The number of hydrogen-bond acceptors (Lipinski definition) is 2. The molecular formula is C10H14ClNO. The highest BCUT2D eigenvalue weighted by Crippen LogP contribution is 2.23. The topological polar surface area (TPSA) is 33.1 Å². The van der Waals surface area contributed by atoms with Crippen LogP contribution in [0.15, 0.2) is 18.3 Å². The van der Waals surface area contributed by atoms with Gasteiger partial charge in [0.2, 0.25) is 0 Å². The molecule has 3 heteroatoms. The molecule has 2 nitrogen and oxygen atoms in total. The molecule has 0 aliphatic rings. The molecular weight excluding hydrogens is 186 g/mol. The van der Waals surface area contributed by atoms with Gasteiger partial charge in [-0.2, -0.15) is 0 Å². The Bertz CT molecular complexity index is 265. The van der Waals surface area contributed by atoms with Crippen molar-refractivity contribution in [1.82, 2.24) is 4.98 Å². The molecule has 0 bridgehead atoms. The number of pyridine rings is 1. The molecule has 1 unspecified atom stereocenters. The van der Waals surface area contributed by atoms with Crippen LogP contribution in [-0.2, 0) is 0 Å². The largest absolute Gasteiger partial charge is 0.387 e. The molecule has 1 N–H and O–H groups in total. The molecule has 1 aromatic rings. The van der Waals surface area contributed by atoms with Crippen LogP contribution in [-0.4, -0.2) is 10.1 Å². The molecule has 1 aromatic heterocycles. The van der Waals surface area contributed by atoms with Gasteiger partial charge in [0.15, 0.2) is 0 Å². The number of nitrogens with zero attached hydrogens (tertiary/aromatic N) is 1. The highest BCUT2D eigenvalue weighted by Gasteiger charge is 2.11. The first kappa shape index (κ1) is 10.5. The van der Waals surface area contributed by atoms with E-state index in [9.17, 15) is 5.11 Å². The van der Waals surface area contributed by atoms with E-state index in [1.165, 1.54) is 0 Å². The van der Waals surface area contributed by atoms with Gasteiger partial charge in [-0.3, -0.25) is 4.98 Å². The van der Waals surface area contributed by atoms with Gasteiger partial charge < -0.3 is 5.11 Å². The fraction of sp³-hybridized carbons (Fsp3) is 0.500. The Morgan fingerprint density at radius 1 is 1.62 bits per heavy atom. The number of halogens is 1. The van der Waals surface area contributed by atoms with Crippen LogP contribution in [0, 0.1) is 0 Å². The van der Waals surface area contributed by atoms with Gasteiger partial charge in [0, 0.05) is 6.20 Å². The molecule has 1 atom stereocenters. The first-order valence-corrected chi connectivity index (χ1v) is 4.92. The average Bonchev–Trinajstić information content (AvgIpc) is 2.15. The number of aromatic nitrogens is 1. The third kappa shape index (κ3) is 2.98. The van der Waals surface area contributed by atoms with Gasteiger partial charge >= 0.3 is 0 Å². The third-order valence-corrected chi connectivity index (χ3v) is 2.25. The zero-order valence-electron chi connectivity index (χ0n) is 7.70. The normalized spacial score (nSPS) is 12.8. The minimum atomic E-state index is -0.520. The zero-order chi connectivity index (χ0) is 9.68. The van der Waals surface area contributed by atoms with E-state index in [2.05, 4.69) is 11.9 Å². The summed E-state index contributed by atoms with van der Waals surface area (Å²) in [7, 11) is 0. The number of rotatable bonds is 4. The first-order chi connectivity index (χ1) is 6.25. The molecule has 72 valence electrons. The van der Waals surface area contributed by atoms with Crippen LogP contribution in [0.5, 0.6) is 0 Å². The lowest BCUT2D eigenvalue weighted by atomic mass is 10.1. The van der Waals surface area contributed by atoms with E-state index in [1.54, 1.807) is 18.3 Å².